The molecule has 0 fully saturated rings. The molecule has 0 spiro atoms. The fourth-order valence-corrected chi connectivity index (χ4v) is 2.35. The number of aromatic carboxylic acids is 1. The molecule has 0 aliphatic carbocycles. The molecule has 7 N–H and O–H groups in total. The lowest BCUT2D eigenvalue weighted by Crippen LogP contribution is -2.29. The van der Waals surface area contributed by atoms with Gasteiger partial charge in [-0.15, -0.1) is 0 Å². The van der Waals surface area contributed by atoms with Crippen LogP contribution in [0.5, 0.6) is 0 Å². The number of hydrogen-bond acceptors (Lipinski definition) is 6. The lowest BCUT2D eigenvalue weighted by atomic mass is 10.1. The monoisotopic (exact) mass is 408 g/mol. The highest BCUT2D eigenvalue weighted by Gasteiger charge is 2.12. The first kappa shape index (κ1) is 23.4. The number of carboxylic acid groups (broad SMARTS) is 2. The van der Waals surface area contributed by atoms with Crippen LogP contribution in [0.25, 0.3) is 0 Å². The van der Waals surface area contributed by atoms with Crippen molar-refractivity contribution in [2.75, 3.05) is 11.9 Å². The van der Waals surface area contributed by atoms with Gasteiger partial charge in [-0.1, -0.05) is 24.1 Å². The Bertz CT molecular complexity index is 801. The first-order valence-electron chi connectivity index (χ1n) is 8.66. The summed E-state index contributed by atoms with van der Waals surface area (Å²) in [5, 5.41) is 21.0. The molecule has 1 heterocycles. The number of aliphatic carboxylic acids is 1. The highest BCUT2D eigenvalue weighted by atomic mass is 35.5. The number of carboxylic acids is 2. The molecule has 2 rings (SSSR count). The Hall–Kier alpha value is -2.68. The molecule has 28 heavy (non-hydrogen) atoms. The van der Waals surface area contributed by atoms with Crippen LogP contribution in [-0.4, -0.2) is 39.7 Å². The molecule has 0 saturated carbocycles. The number of nitrogens with two attached hydrogens (primary N) is 2. The lowest BCUT2D eigenvalue weighted by Gasteiger charge is -2.11. The highest BCUT2D eigenvalue weighted by Crippen LogP contribution is 2.26. The fraction of sp³-hybridized carbons (Fsp3) is 0.316. The van der Waals surface area contributed by atoms with Gasteiger partial charge in [-0.2, -0.15) is 0 Å². The Balaban J connectivity index is 0.000000336. The van der Waals surface area contributed by atoms with E-state index in [1.807, 2.05) is 13.0 Å². The minimum atomic E-state index is -1.02. The molecule has 8 nitrogen and oxygen atoms in total. The van der Waals surface area contributed by atoms with E-state index >= 15 is 0 Å². The van der Waals surface area contributed by atoms with Crippen molar-refractivity contribution in [3.63, 3.8) is 0 Å². The number of aromatic nitrogens is 1. The first-order chi connectivity index (χ1) is 13.3. The first-order valence-corrected chi connectivity index (χ1v) is 9.04. The van der Waals surface area contributed by atoms with E-state index in [1.54, 1.807) is 18.2 Å². The quantitative estimate of drug-likeness (QED) is 0.418. The fourth-order valence-electron chi connectivity index (χ4n) is 2.18. The maximum absolute atomic E-state index is 11.1. The summed E-state index contributed by atoms with van der Waals surface area (Å²) in [6.45, 7) is 2.46. The number of halogens is 1. The molecule has 9 heteroatoms. The molecule has 0 aliphatic rings. The van der Waals surface area contributed by atoms with Gasteiger partial charge in [0.2, 0.25) is 0 Å². The molecule has 2 aromatic rings. The van der Waals surface area contributed by atoms with Gasteiger partial charge in [0.05, 0.1) is 0 Å². The van der Waals surface area contributed by atoms with Gasteiger partial charge < -0.3 is 27.0 Å². The van der Waals surface area contributed by atoms with Crippen molar-refractivity contribution in [3.05, 3.63) is 52.7 Å². The number of benzene rings is 1. The average Bonchev–Trinajstić information content (AvgIpc) is 2.66. The van der Waals surface area contributed by atoms with Crippen LogP contribution in [0.1, 0.15) is 35.2 Å². The van der Waals surface area contributed by atoms with E-state index in [4.69, 9.17) is 33.3 Å². The van der Waals surface area contributed by atoms with E-state index < -0.39 is 18.0 Å². The van der Waals surface area contributed by atoms with Crippen LogP contribution in [0.3, 0.4) is 0 Å². The highest BCUT2D eigenvalue weighted by molar-refractivity contribution is 6.31. The van der Waals surface area contributed by atoms with Gasteiger partial charge >= 0.3 is 11.9 Å². The van der Waals surface area contributed by atoms with Crippen LogP contribution in [-0.2, 0) is 4.79 Å². The molecule has 0 aliphatic heterocycles. The van der Waals surface area contributed by atoms with Crippen molar-refractivity contribution in [1.82, 2.24) is 4.98 Å². The Kier molecular flexibility index (Phi) is 9.94. The third-order valence-electron chi connectivity index (χ3n) is 3.85. The van der Waals surface area contributed by atoms with Gasteiger partial charge in [-0.25, -0.2) is 9.78 Å². The van der Waals surface area contributed by atoms with Crippen molar-refractivity contribution in [2.24, 2.45) is 11.5 Å². The van der Waals surface area contributed by atoms with Gasteiger partial charge in [0.25, 0.3) is 0 Å². The van der Waals surface area contributed by atoms with Gasteiger partial charge in [-0.3, -0.25) is 4.79 Å². The third-order valence-corrected chi connectivity index (χ3v) is 4.25. The zero-order valence-electron chi connectivity index (χ0n) is 15.6. The van der Waals surface area contributed by atoms with E-state index in [-0.39, 0.29) is 5.56 Å². The number of nitrogens with one attached hydrogen (secondary N) is 1. The minimum Gasteiger partial charge on any atom is -0.480 e. The number of anilines is 2. The molecule has 1 atom stereocenters. The third kappa shape index (κ3) is 7.51. The summed E-state index contributed by atoms with van der Waals surface area (Å²) in [7, 11) is 0. The van der Waals surface area contributed by atoms with E-state index in [0.29, 0.717) is 23.8 Å². The average molecular weight is 409 g/mol. The van der Waals surface area contributed by atoms with Gasteiger partial charge in [0.1, 0.15) is 17.4 Å². The largest absolute Gasteiger partial charge is 0.480 e. The van der Waals surface area contributed by atoms with Crippen molar-refractivity contribution >= 4 is 35.0 Å². The molecule has 0 saturated heterocycles. The standard InChI is InChI=1S/C13H11ClN2O2.C6H14N2O2/c1-8-10(14)5-2-6-11(8)16-12-9(13(17)18)4-3-7-15-12;7-4-2-1-3-5(8)6(9)10/h2-7H,1H3,(H,15,16)(H,17,18);5H,1-4,7-8H2,(H,9,10)/t;5-/m.1/s1. The summed E-state index contributed by atoms with van der Waals surface area (Å²) in [5.74, 6) is -1.65. The molecular formula is C19H25ClN4O4. The number of hydrogen-bond donors (Lipinski definition) is 5. The maximum Gasteiger partial charge on any atom is 0.339 e. The summed E-state index contributed by atoms with van der Waals surface area (Å²) in [6.07, 6.45) is 3.70. The molecule has 0 amide bonds. The Morgan fingerprint density at radius 1 is 1.21 bits per heavy atom. The zero-order valence-corrected chi connectivity index (χ0v) is 16.3. The second-order valence-corrected chi connectivity index (χ2v) is 6.38. The van der Waals surface area contributed by atoms with Gasteiger partial charge in [0, 0.05) is 16.9 Å². The SMILES string of the molecule is Cc1c(Cl)cccc1Nc1ncccc1C(=O)O.NCCCC[C@@H](N)C(=O)O. The normalized spacial score (nSPS) is 11.1. The molecule has 0 radical (unpaired) electrons. The van der Waals surface area contributed by atoms with Crippen LogP contribution in [0.2, 0.25) is 5.02 Å². The number of unbranched alkanes of at least 4 members (excludes halogenated alkanes) is 1. The molecule has 0 bridgehead atoms. The van der Waals surface area contributed by atoms with E-state index in [0.717, 1.165) is 24.1 Å². The zero-order chi connectivity index (χ0) is 21.1. The molecular weight excluding hydrogens is 384 g/mol. The second kappa shape index (κ2) is 11.9. The van der Waals surface area contributed by atoms with E-state index in [1.165, 1.54) is 12.3 Å². The predicted octanol–water partition coefficient (Wildman–Crippen LogP) is 3.01. The topological polar surface area (TPSA) is 152 Å². The summed E-state index contributed by atoms with van der Waals surface area (Å²) in [4.78, 5) is 25.2. The van der Waals surface area contributed by atoms with E-state index in [2.05, 4.69) is 10.3 Å². The minimum absolute atomic E-state index is 0.122. The summed E-state index contributed by atoms with van der Waals surface area (Å²) in [6, 6.07) is 7.75. The number of nitrogens with zero attached hydrogens (tertiary/aromatic N) is 1. The van der Waals surface area contributed by atoms with Crippen molar-refractivity contribution in [1.29, 1.82) is 0 Å². The van der Waals surface area contributed by atoms with Crippen LogP contribution >= 0.6 is 11.6 Å². The Morgan fingerprint density at radius 3 is 2.54 bits per heavy atom. The molecule has 1 aromatic heterocycles. The van der Waals surface area contributed by atoms with Crippen molar-refractivity contribution in [2.45, 2.75) is 32.2 Å². The number of rotatable bonds is 8. The summed E-state index contributed by atoms with van der Waals surface area (Å²) in [5.41, 5.74) is 12.1. The molecule has 1 aromatic carbocycles. The molecule has 152 valence electrons. The van der Waals surface area contributed by atoms with Crippen molar-refractivity contribution in [3.8, 4) is 0 Å². The summed E-state index contributed by atoms with van der Waals surface area (Å²) < 4.78 is 0. The lowest BCUT2D eigenvalue weighted by molar-refractivity contribution is -0.138. The van der Waals surface area contributed by atoms with E-state index in [9.17, 15) is 9.59 Å². The van der Waals surface area contributed by atoms with Gasteiger partial charge in [0.15, 0.2) is 0 Å². The smallest absolute Gasteiger partial charge is 0.339 e. The van der Waals surface area contributed by atoms with Crippen molar-refractivity contribution < 1.29 is 19.8 Å². The summed E-state index contributed by atoms with van der Waals surface area (Å²) >= 11 is 6.01. The number of pyridine rings is 1. The Morgan fingerprint density at radius 2 is 1.93 bits per heavy atom. The van der Waals surface area contributed by atoms with Crippen LogP contribution < -0.4 is 16.8 Å². The molecule has 0 unspecified atom stereocenters. The number of carbonyl (C=O) groups is 2. The second-order valence-electron chi connectivity index (χ2n) is 5.97. The predicted molar refractivity (Wildman–Crippen MR) is 109 cm³/mol. The maximum atomic E-state index is 11.1. The van der Waals surface area contributed by atoms with Crippen LogP contribution in [0.4, 0.5) is 11.5 Å². The van der Waals surface area contributed by atoms with Gasteiger partial charge in [-0.05, 0) is 56.1 Å². The van der Waals surface area contributed by atoms with Crippen LogP contribution in [0, 0.1) is 6.92 Å². The Labute approximate surface area is 168 Å². The van der Waals surface area contributed by atoms with Crippen LogP contribution in [0.15, 0.2) is 36.5 Å².